The number of aliphatic hydroxyl groups is 1. The Hall–Kier alpha value is -0.820. The summed E-state index contributed by atoms with van der Waals surface area (Å²) in [5.74, 6) is 1.51. The largest absolute Gasteiger partial charge is 0.393 e. The minimum atomic E-state index is -0.0254. The highest BCUT2D eigenvalue weighted by Gasteiger charge is 2.26. The maximum atomic E-state index is 9.80. The average molecular weight is 244 g/mol. The van der Waals surface area contributed by atoms with Crippen LogP contribution in [0.3, 0.4) is 0 Å². The van der Waals surface area contributed by atoms with Gasteiger partial charge in [-0.25, -0.2) is 0 Å². The first-order valence-corrected chi connectivity index (χ1v) is 7.59. The Labute approximate surface area is 110 Å². The molecule has 3 atom stereocenters. The van der Waals surface area contributed by atoms with Crippen molar-refractivity contribution in [3.63, 3.8) is 0 Å². The molecule has 0 aliphatic heterocycles. The molecule has 0 aromatic heterocycles. The fourth-order valence-electron chi connectivity index (χ4n) is 3.98. The van der Waals surface area contributed by atoms with Crippen molar-refractivity contribution < 1.29 is 5.11 Å². The molecule has 1 heteroatoms. The summed E-state index contributed by atoms with van der Waals surface area (Å²) in [5.41, 5.74) is 3.17. The molecule has 3 unspecified atom stereocenters. The molecule has 0 radical (unpaired) electrons. The quantitative estimate of drug-likeness (QED) is 0.832. The van der Waals surface area contributed by atoms with E-state index in [1.54, 1.807) is 11.1 Å². The van der Waals surface area contributed by atoms with Gasteiger partial charge in [-0.3, -0.25) is 0 Å². The van der Waals surface area contributed by atoms with Gasteiger partial charge < -0.3 is 5.11 Å². The van der Waals surface area contributed by atoms with Crippen molar-refractivity contribution >= 4 is 0 Å². The Kier molecular flexibility index (Phi) is 3.69. The van der Waals surface area contributed by atoms with E-state index in [9.17, 15) is 5.11 Å². The van der Waals surface area contributed by atoms with Crippen molar-refractivity contribution in [2.24, 2.45) is 5.92 Å². The molecule has 1 saturated carbocycles. The molecule has 1 fully saturated rings. The second-order valence-corrected chi connectivity index (χ2v) is 6.21. The number of benzene rings is 1. The van der Waals surface area contributed by atoms with Crippen molar-refractivity contribution in [3.8, 4) is 0 Å². The number of aryl methyl sites for hydroxylation is 1. The van der Waals surface area contributed by atoms with Crippen molar-refractivity contribution in [1.29, 1.82) is 0 Å². The van der Waals surface area contributed by atoms with Crippen LogP contribution in [0.1, 0.15) is 62.0 Å². The lowest BCUT2D eigenvalue weighted by Crippen LogP contribution is -2.22. The van der Waals surface area contributed by atoms with Gasteiger partial charge in [-0.15, -0.1) is 0 Å². The van der Waals surface area contributed by atoms with Crippen LogP contribution in [0.25, 0.3) is 0 Å². The van der Waals surface area contributed by atoms with Gasteiger partial charge in [0, 0.05) is 0 Å². The maximum Gasteiger partial charge on any atom is 0.0542 e. The Morgan fingerprint density at radius 1 is 1.06 bits per heavy atom. The van der Waals surface area contributed by atoms with Crippen molar-refractivity contribution in [3.05, 3.63) is 35.4 Å². The normalized spacial score (nSPS) is 31.9. The Morgan fingerprint density at radius 3 is 2.83 bits per heavy atom. The van der Waals surface area contributed by atoms with Gasteiger partial charge in [0.1, 0.15) is 0 Å². The van der Waals surface area contributed by atoms with E-state index < -0.39 is 0 Å². The van der Waals surface area contributed by atoms with Crippen molar-refractivity contribution in [1.82, 2.24) is 0 Å². The van der Waals surface area contributed by atoms with Gasteiger partial charge in [0.15, 0.2) is 0 Å². The minimum absolute atomic E-state index is 0.0254. The van der Waals surface area contributed by atoms with Crippen LogP contribution in [0.4, 0.5) is 0 Å². The van der Waals surface area contributed by atoms with Crippen LogP contribution in [-0.2, 0) is 6.42 Å². The summed E-state index contributed by atoms with van der Waals surface area (Å²) in [4.78, 5) is 0. The summed E-state index contributed by atoms with van der Waals surface area (Å²) < 4.78 is 0. The lowest BCUT2D eigenvalue weighted by Gasteiger charge is -2.32. The number of fused-ring (bicyclic) bond motifs is 1. The lowest BCUT2D eigenvalue weighted by molar-refractivity contribution is 0.0951. The number of hydrogen-bond acceptors (Lipinski definition) is 1. The summed E-state index contributed by atoms with van der Waals surface area (Å²) in [6, 6.07) is 8.99. The van der Waals surface area contributed by atoms with Crippen LogP contribution in [0, 0.1) is 5.92 Å². The number of hydrogen-bond donors (Lipinski definition) is 1. The number of rotatable bonds is 2. The van der Waals surface area contributed by atoms with E-state index >= 15 is 0 Å². The molecule has 1 nitrogen and oxygen atoms in total. The van der Waals surface area contributed by atoms with E-state index in [0.717, 1.165) is 24.7 Å². The first-order chi connectivity index (χ1) is 8.83. The molecule has 18 heavy (non-hydrogen) atoms. The van der Waals surface area contributed by atoms with Gasteiger partial charge in [0.25, 0.3) is 0 Å². The van der Waals surface area contributed by atoms with Gasteiger partial charge >= 0.3 is 0 Å². The van der Waals surface area contributed by atoms with Crippen LogP contribution in [0.5, 0.6) is 0 Å². The molecule has 2 aliphatic carbocycles. The molecule has 3 rings (SSSR count). The molecular weight excluding hydrogens is 220 g/mol. The zero-order valence-electron chi connectivity index (χ0n) is 11.1. The molecule has 0 spiro atoms. The average Bonchev–Trinajstić information content (AvgIpc) is 2.39. The van der Waals surface area contributed by atoms with Crippen LogP contribution in [0.15, 0.2) is 24.3 Å². The molecule has 0 heterocycles. The molecule has 1 aromatic rings. The fraction of sp³-hybridized carbons (Fsp3) is 0.647. The summed E-state index contributed by atoms with van der Waals surface area (Å²) in [6.07, 6.45) is 9.85. The van der Waals surface area contributed by atoms with Gasteiger partial charge in [0.2, 0.25) is 0 Å². The molecule has 2 aliphatic rings. The monoisotopic (exact) mass is 244 g/mol. The zero-order valence-corrected chi connectivity index (χ0v) is 11.1. The standard InChI is InChI=1S/C17H24O/c18-16-9-3-5-13(12-16)11-15-8-4-7-14-6-1-2-10-17(14)15/h1-2,6,10,13,15-16,18H,3-5,7-9,11-12H2. The predicted octanol–water partition coefficient (Wildman–Crippen LogP) is 4.05. The first kappa shape index (κ1) is 12.2. The topological polar surface area (TPSA) is 20.2 Å². The molecule has 0 bridgehead atoms. The van der Waals surface area contributed by atoms with E-state index in [4.69, 9.17) is 0 Å². The molecule has 0 amide bonds. The maximum absolute atomic E-state index is 9.80. The molecule has 0 saturated heterocycles. The van der Waals surface area contributed by atoms with Gasteiger partial charge in [0.05, 0.1) is 6.10 Å². The number of aliphatic hydroxyl groups excluding tert-OH is 1. The smallest absolute Gasteiger partial charge is 0.0542 e. The SMILES string of the molecule is OC1CCCC(CC2CCCc3ccccc32)C1. The van der Waals surface area contributed by atoms with Crippen LogP contribution in [0.2, 0.25) is 0 Å². The van der Waals surface area contributed by atoms with Crippen LogP contribution in [-0.4, -0.2) is 11.2 Å². The Balaban J connectivity index is 1.70. The van der Waals surface area contributed by atoms with Crippen LogP contribution < -0.4 is 0 Å². The third-order valence-electron chi connectivity index (χ3n) is 4.87. The predicted molar refractivity (Wildman–Crippen MR) is 74.7 cm³/mol. The van der Waals surface area contributed by atoms with E-state index in [1.807, 2.05) is 0 Å². The molecular formula is C17H24O. The zero-order chi connectivity index (χ0) is 12.4. The fourth-order valence-corrected chi connectivity index (χ4v) is 3.98. The highest BCUT2D eigenvalue weighted by atomic mass is 16.3. The van der Waals surface area contributed by atoms with E-state index in [0.29, 0.717) is 0 Å². The van der Waals surface area contributed by atoms with Crippen molar-refractivity contribution in [2.45, 2.75) is 63.4 Å². The molecule has 98 valence electrons. The highest BCUT2D eigenvalue weighted by Crippen LogP contribution is 2.39. The van der Waals surface area contributed by atoms with E-state index in [1.165, 1.54) is 38.5 Å². The summed E-state index contributed by atoms with van der Waals surface area (Å²) in [5, 5.41) is 9.80. The van der Waals surface area contributed by atoms with Gasteiger partial charge in [-0.1, -0.05) is 37.1 Å². The lowest BCUT2D eigenvalue weighted by atomic mass is 9.74. The Bertz CT molecular complexity index is 398. The van der Waals surface area contributed by atoms with Crippen molar-refractivity contribution in [2.75, 3.05) is 0 Å². The molecule has 1 N–H and O–H groups in total. The first-order valence-electron chi connectivity index (χ1n) is 7.59. The van der Waals surface area contributed by atoms with E-state index in [-0.39, 0.29) is 6.10 Å². The summed E-state index contributed by atoms with van der Waals surface area (Å²) in [6.45, 7) is 0. The second kappa shape index (κ2) is 5.44. The Morgan fingerprint density at radius 2 is 1.94 bits per heavy atom. The summed E-state index contributed by atoms with van der Waals surface area (Å²) in [7, 11) is 0. The van der Waals surface area contributed by atoms with Crippen LogP contribution >= 0.6 is 0 Å². The van der Waals surface area contributed by atoms with E-state index in [2.05, 4.69) is 24.3 Å². The second-order valence-electron chi connectivity index (χ2n) is 6.21. The van der Waals surface area contributed by atoms with Gasteiger partial charge in [-0.2, -0.15) is 0 Å². The van der Waals surface area contributed by atoms with Gasteiger partial charge in [-0.05, 0) is 61.5 Å². The minimum Gasteiger partial charge on any atom is -0.393 e. The highest BCUT2D eigenvalue weighted by molar-refractivity contribution is 5.32. The molecule has 1 aromatic carbocycles. The summed E-state index contributed by atoms with van der Waals surface area (Å²) >= 11 is 0. The third kappa shape index (κ3) is 2.61. The third-order valence-corrected chi connectivity index (χ3v) is 4.87.